The maximum Gasteiger partial charge on any atom is 0.255 e. The maximum absolute atomic E-state index is 12.8. The highest BCUT2D eigenvalue weighted by Gasteiger charge is 2.17. The van der Waals surface area contributed by atoms with E-state index in [1.54, 1.807) is 6.07 Å². The second-order valence-electron chi connectivity index (χ2n) is 7.04. The summed E-state index contributed by atoms with van der Waals surface area (Å²) in [6, 6.07) is 18.6. The predicted molar refractivity (Wildman–Crippen MR) is 111 cm³/mol. The Labute approximate surface area is 169 Å². The van der Waals surface area contributed by atoms with E-state index in [1.807, 2.05) is 61.5 Å². The molecule has 1 saturated heterocycles. The van der Waals surface area contributed by atoms with Crippen molar-refractivity contribution in [1.82, 2.24) is 10.2 Å². The van der Waals surface area contributed by atoms with Crippen molar-refractivity contribution in [3.05, 3.63) is 71.9 Å². The number of rotatable bonds is 6. The van der Waals surface area contributed by atoms with Gasteiger partial charge in [0.1, 0.15) is 12.4 Å². The number of amides is 1. The van der Waals surface area contributed by atoms with Crippen LogP contribution in [-0.2, 0) is 4.74 Å². The Hall–Kier alpha value is -3.25. The highest BCUT2D eigenvalue weighted by Crippen LogP contribution is 2.26. The van der Waals surface area contributed by atoms with Gasteiger partial charge in [-0.25, -0.2) is 0 Å². The monoisotopic (exact) mass is 389 g/mol. The van der Waals surface area contributed by atoms with Gasteiger partial charge >= 0.3 is 0 Å². The van der Waals surface area contributed by atoms with Gasteiger partial charge in [-0.15, -0.1) is 0 Å². The number of para-hydroxylation sites is 2. The summed E-state index contributed by atoms with van der Waals surface area (Å²) in [5.74, 6) is 0.428. The molecule has 148 valence electrons. The number of nitrogens with zero attached hydrogens (tertiary/aromatic N) is 2. The zero-order valence-corrected chi connectivity index (χ0v) is 16.3. The first-order valence-corrected chi connectivity index (χ1v) is 9.74. The summed E-state index contributed by atoms with van der Waals surface area (Å²) in [6.07, 6.45) is 2.18. The second-order valence-corrected chi connectivity index (χ2v) is 7.04. The van der Waals surface area contributed by atoms with Crippen LogP contribution in [0.25, 0.3) is 11.3 Å². The third kappa shape index (κ3) is 4.78. The van der Waals surface area contributed by atoms with E-state index in [9.17, 15) is 4.79 Å². The summed E-state index contributed by atoms with van der Waals surface area (Å²) in [7, 11) is 0. The topological polar surface area (TPSA) is 73.3 Å². The van der Waals surface area contributed by atoms with E-state index in [2.05, 4.69) is 15.5 Å². The minimum absolute atomic E-state index is 0.117. The number of aromatic nitrogens is 2. The lowest BCUT2D eigenvalue weighted by Gasteiger charge is -2.15. The number of ether oxygens (including phenoxy) is 2. The van der Waals surface area contributed by atoms with Crippen molar-refractivity contribution in [3.63, 3.8) is 0 Å². The molecule has 0 bridgehead atoms. The fraction of sp³-hybridized carbons (Fsp3) is 0.261. The molecule has 0 aliphatic carbocycles. The minimum atomic E-state index is -0.208. The van der Waals surface area contributed by atoms with Gasteiger partial charge in [-0.1, -0.05) is 24.3 Å². The first kappa shape index (κ1) is 19.1. The lowest BCUT2D eigenvalue weighted by Crippen LogP contribution is -2.18. The summed E-state index contributed by atoms with van der Waals surface area (Å²) in [5, 5.41) is 11.2. The van der Waals surface area contributed by atoms with Gasteiger partial charge in [0.2, 0.25) is 0 Å². The number of nitrogens with one attached hydrogen (secondary N) is 1. The van der Waals surface area contributed by atoms with Crippen LogP contribution in [0.5, 0.6) is 5.75 Å². The van der Waals surface area contributed by atoms with E-state index in [4.69, 9.17) is 9.47 Å². The molecule has 2 aromatic carbocycles. The average Bonchev–Trinajstić information content (AvgIpc) is 3.27. The normalized spacial score (nSPS) is 15.8. The van der Waals surface area contributed by atoms with E-state index in [1.165, 1.54) is 0 Å². The Kier molecular flexibility index (Phi) is 5.81. The first-order valence-electron chi connectivity index (χ1n) is 9.74. The number of hydrogen-bond donors (Lipinski definition) is 1. The summed E-state index contributed by atoms with van der Waals surface area (Å²) in [4.78, 5) is 12.8. The molecule has 6 heteroatoms. The van der Waals surface area contributed by atoms with Crippen LogP contribution in [0.15, 0.2) is 60.7 Å². The van der Waals surface area contributed by atoms with Crippen LogP contribution in [0.4, 0.5) is 5.69 Å². The molecular weight excluding hydrogens is 366 g/mol. The van der Waals surface area contributed by atoms with Crippen molar-refractivity contribution < 1.29 is 14.3 Å². The number of aryl methyl sites for hydroxylation is 1. The molecule has 2 heterocycles. The third-order valence-corrected chi connectivity index (χ3v) is 4.80. The van der Waals surface area contributed by atoms with E-state index in [0.717, 1.165) is 36.4 Å². The highest BCUT2D eigenvalue weighted by atomic mass is 16.5. The van der Waals surface area contributed by atoms with Crippen molar-refractivity contribution >= 4 is 11.6 Å². The molecule has 4 rings (SSSR count). The molecule has 1 atom stereocenters. The van der Waals surface area contributed by atoms with Crippen LogP contribution in [0.2, 0.25) is 0 Å². The predicted octanol–water partition coefficient (Wildman–Crippen LogP) is 4.26. The Bertz CT molecular complexity index is 983. The van der Waals surface area contributed by atoms with Gasteiger partial charge in [0.25, 0.3) is 5.91 Å². The third-order valence-electron chi connectivity index (χ3n) is 4.80. The number of hydrogen-bond acceptors (Lipinski definition) is 5. The molecule has 0 saturated carbocycles. The smallest absolute Gasteiger partial charge is 0.255 e. The Morgan fingerprint density at radius 3 is 2.83 bits per heavy atom. The van der Waals surface area contributed by atoms with Crippen molar-refractivity contribution in [2.24, 2.45) is 0 Å². The summed E-state index contributed by atoms with van der Waals surface area (Å²) < 4.78 is 11.5. The molecule has 29 heavy (non-hydrogen) atoms. The average molecular weight is 389 g/mol. The van der Waals surface area contributed by atoms with Gasteiger partial charge in [-0.2, -0.15) is 10.2 Å². The molecule has 1 unspecified atom stereocenters. The SMILES string of the molecule is Cc1ccc(-c2cccc(C(=O)Nc3ccccc3OCC3CCCO3)c2)nn1. The Morgan fingerprint density at radius 1 is 1.14 bits per heavy atom. The second kappa shape index (κ2) is 8.84. The number of carbonyl (C=O) groups is 1. The van der Waals surface area contributed by atoms with Crippen LogP contribution in [-0.4, -0.2) is 35.4 Å². The van der Waals surface area contributed by atoms with Crippen LogP contribution in [0.3, 0.4) is 0 Å². The van der Waals surface area contributed by atoms with Crippen LogP contribution < -0.4 is 10.1 Å². The quantitative estimate of drug-likeness (QED) is 0.682. The zero-order valence-electron chi connectivity index (χ0n) is 16.3. The lowest BCUT2D eigenvalue weighted by molar-refractivity contribution is 0.0682. The van der Waals surface area contributed by atoms with Gasteiger partial charge in [-0.05, 0) is 56.2 Å². The lowest BCUT2D eigenvalue weighted by atomic mass is 10.1. The van der Waals surface area contributed by atoms with E-state index < -0.39 is 0 Å². The first-order chi connectivity index (χ1) is 14.2. The molecule has 1 amide bonds. The summed E-state index contributed by atoms with van der Waals surface area (Å²) in [6.45, 7) is 3.15. The minimum Gasteiger partial charge on any atom is -0.489 e. The molecular formula is C23H23N3O3. The largest absolute Gasteiger partial charge is 0.489 e. The number of benzene rings is 2. The molecule has 0 spiro atoms. The van der Waals surface area contributed by atoms with Gasteiger partial charge in [0.05, 0.1) is 23.2 Å². The Balaban J connectivity index is 1.48. The van der Waals surface area contributed by atoms with Crippen LogP contribution in [0, 0.1) is 6.92 Å². The summed E-state index contributed by atoms with van der Waals surface area (Å²) in [5.41, 5.74) is 3.59. The van der Waals surface area contributed by atoms with Gasteiger partial charge in [0.15, 0.2) is 0 Å². The summed E-state index contributed by atoms with van der Waals surface area (Å²) >= 11 is 0. The molecule has 1 aromatic heterocycles. The van der Waals surface area contributed by atoms with E-state index in [-0.39, 0.29) is 12.0 Å². The van der Waals surface area contributed by atoms with Crippen molar-refractivity contribution in [2.45, 2.75) is 25.9 Å². The zero-order chi connectivity index (χ0) is 20.1. The Morgan fingerprint density at radius 2 is 2.03 bits per heavy atom. The van der Waals surface area contributed by atoms with E-state index in [0.29, 0.717) is 23.6 Å². The standard InChI is InChI=1S/C23H23N3O3/c1-16-11-12-20(26-25-16)17-6-4-7-18(14-17)23(27)24-21-9-2-3-10-22(21)29-15-19-8-5-13-28-19/h2-4,6-7,9-12,14,19H,5,8,13,15H2,1H3,(H,24,27). The fourth-order valence-electron chi connectivity index (χ4n) is 3.22. The molecule has 6 nitrogen and oxygen atoms in total. The van der Waals surface area contributed by atoms with Crippen LogP contribution >= 0.6 is 0 Å². The fourth-order valence-corrected chi connectivity index (χ4v) is 3.22. The highest BCUT2D eigenvalue weighted by molar-refractivity contribution is 6.05. The van der Waals surface area contributed by atoms with Gasteiger partial charge in [-0.3, -0.25) is 4.79 Å². The molecule has 1 aliphatic heterocycles. The van der Waals surface area contributed by atoms with Crippen LogP contribution in [0.1, 0.15) is 28.9 Å². The van der Waals surface area contributed by atoms with Crippen molar-refractivity contribution in [2.75, 3.05) is 18.5 Å². The number of carbonyl (C=O) groups excluding carboxylic acids is 1. The maximum atomic E-state index is 12.8. The molecule has 1 N–H and O–H groups in total. The molecule has 1 aliphatic rings. The van der Waals surface area contributed by atoms with Crippen molar-refractivity contribution in [1.29, 1.82) is 0 Å². The number of anilines is 1. The van der Waals surface area contributed by atoms with E-state index >= 15 is 0 Å². The van der Waals surface area contributed by atoms with Gasteiger partial charge < -0.3 is 14.8 Å². The molecule has 1 fully saturated rings. The van der Waals surface area contributed by atoms with Gasteiger partial charge in [0, 0.05) is 17.7 Å². The molecule has 0 radical (unpaired) electrons. The molecule has 3 aromatic rings. The van der Waals surface area contributed by atoms with Crippen molar-refractivity contribution in [3.8, 4) is 17.0 Å².